The predicted molar refractivity (Wildman–Crippen MR) is 67.5 cm³/mol. The Kier molecular flexibility index (Phi) is 5.31. The van der Waals surface area contributed by atoms with Crippen molar-refractivity contribution in [3.63, 3.8) is 0 Å². The molecule has 7 heteroatoms. The molecule has 0 atom stereocenters. The number of nitrogens with zero attached hydrogens (tertiary/aromatic N) is 2. The molecule has 1 aromatic rings. The van der Waals surface area contributed by atoms with Gasteiger partial charge in [0.05, 0.1) is 0 Å². The number of hydrogen-bond donors (Lipinski definition) is 2. The van der Waals surface area contributed by atoms with Gasteiger partial charge in [0.25, 0.3) is 5.56 Å². The molecular weight excluding hydrogens is 236 g/mol. The van der Waals surface area contributed by atoms with Gasteiger partial charge in [0, 0.05) is 32.4 Å². The van der Waals surface area contributed by atoms with Crippen LogP contribution in [-0.2, 0) is 18.4 Å². The summed E-state index contributed by atoms with van der Waals surface area (Å²) in [6.45, 7) is 3.93. The summed E-state index contributed by atoms with van der Waals surface area (Å²) in [7, 11) is 1.38. The van der Waals surface area contributed by atoms with Crippen LogP contribution in [0.1, 0.15) is 6.92 Å². The topological polar surface area (TPSA) is 85.1 Å². The molecule has 1 aromatic heterocycles. The zero-order valence-corrected chi connectivity index (χ0v) is 10.6. The van der Waals surface area contributed by atoms with Crippen molar-refractivity contribution in [2.24, 2.45) is 7.05 Å². The van der Waals surface area contributed by atoms with Gasteiger partial charge in [-0.25, -0.2) is 4.79 Å². The number of rotatable bonds is 6. The molecule has 100 valence electrons. The molecule has 0 saturated heterocycles. The first-order chi connectivity index (χ1) is 8.56. The van der Waals surface area contributed by atoms with E-state index in [0.717, 1.165) is 11.1 Å². The van der Waals surface area contributed by atoms with Crippen molar-refractivity contribution >= 4 is 5.91 Å². The van der Waals surface area contributed by atoms with Gasteiger partial charge in [-0.05, 0) is 6.54 Å². The Morgan fingerprint density at radius 3 is 2.72 bits per heavy atom. The average molecular weight is 254 g/mol. The lowest BCUT2D eigenvalue weighted by Crippen LogP contribution is -2.41. The number of hydrogen-bond acceptors (Lipinski definition) is 4. The van der Waals surface area contributed by atoms with Crippen molar-refractivity contribution < 1.29 is 4.79 Å². The Morgan fingerprint density at radius 2 is 2.06 bits per heavy atom. The molecule has 1 rings (SSSR count). The van der Waals surface area contributed by atoms with Crippen LogP contribution in [0.4, 0.5) is 0 Å². The molecule has 7 nitrogen and oxygen atoms in total. The van der Waals surface area contributed by atoms with Crippen LogP contribution in [0.3, 0.4) is 0 Å². The second kappa shape index (κ2) is 6.75. The highest BCUT2D eigenvalue weighted by Gasteiger charge is 2.05. The van der Waals surface area contributed by atoms with Crippen molar-refractivity contribution in [3.05, 3.63) is 33.1 Å². The van der Waals surface area contributed by atoms with Crippen molar-refractivity contribution in [1.29, 1.82) is 0 Å². The van der Waals surface area contributed by atoms with E-state index in [1.54, 1.807) is 0 Å². The van der Waals surface area contributed by atoms with E-state index >= 15 is 0 Å². The van der Waals surface area contributed by atoms with Crippen LogP contribution in [0.5, 0.6) is 0 Å². The maximum Gasteiger partial charge on any atom is 0.331 e. The summed E-state index contributed by atoms with van der Waals surface area (Å²) in [5.74, 6) is -0.256. The molecule has 0 aliphatic carbocycles. The van der Waals surface area contributed by atoms with E-state index in [1.807, 2.05) is 6.92 Å². The quantitative estimate of drug-likeness (QED) is 0.591. The standard InChI is InChI=1S/C11H18N4O3/c1-3-12-5-6-13-9(16)8-15-7-4-10(17)14(2)11(15)18/h4,7,12H,3,5-6,8H2,1-2H3,(H,13,16). The van der Waals surface area contributed by atoms with Crippen LogP contribution in [0.2, 0.25) is 0 Å². The normalized spacial score (nSPS) is 10.3. The third-order valence-electron chi connectivity index (χ3n) is 2.45. The lowest BCUT2D eigenvalue weighted by Gasteiger charge is -2.08. The minimum absolute atomic E-state index is 0.0842. The highest BCUT2D eigenvalue weighted by molar-refractivity contribution is 5.75. The summed E-state index contributed by atoms with van der Waals surface area (Å²) in [5, 5.41) is 5.75. The average Bonchev–Trinajstić information content (AvgIpc) is 2.35. The fourth-order valence-electron chi connectivity index (χ4n) is 1.41. The Bertz CT molecular complexity index is 518. The predicted octanol–water partition coefficient (Wildman–Crippen LogP) is -1.73. The Morgan fingerprint density at radius 1 is 1.33 bits per heavy atom. The van der Waals surface area contributed by atoms with Gasteiger partial charge in [0.2, 0.25) is 5.91 Å². The van der Waals surface area contributed by atoms with Gasteiger partial charge in [-0.2, -0.15) is 0 Å². The highest BCUT2D eigenvalue weighted by atomic mass is 16.2. The number of carbonyl (C=O) groups is 1. The van der Waals surface area contributed by atoms with E-state index in [-0.39, 0.29) is 18.0 Å². The van der Waals surface area contributed by atoms with Gasteiger partial charge in [-0.1, -0.05) is 6.92 Å². The van der Waals surface area contributed by atoms with Crippen molar-refractivity contribution in [3.8, 4) is 0 Å². The monoisotopic (exact) mass is 254 g/mol. The largest absolute Gasteiger partial charge is 0.353 e. The van der Waals surface area contributed by atoms with E-state index in [9.17, 15) is 14.4 Å². The van der Waals surface area contributed by atoms with Crippen LogP contribution in [0.25, 0.3) is 0 Å². The van der Waals surface area contributed by atoms with E-state index in [0.29, 0.717) is 13.1 Å². The van der Waals surface area contributed by atoms with Crippen LogP contribution in [0, 0.1) is 0 Å². The molecule has 1 heterocycles. The lowest BCUT2D eigenvalue weighted by molar-refractivity contribution is -0.121. The number of amides is 1. The Balaban J connectivity index is 2.58. The molecule has 0 radical (unpaired) electrons. The first kappa shape index (κ1) is 14.2. The van der Waals surface area contributed by atoms with Gasteiger partial charge in [-0.3, -0.25) is 18.7 Å². The third kappa shape index (κ3) is 3.85. The molecule has 18 heavy (non-hydrogen) atoms. The molecule has 0 fully saturated rings. The fraction of sp³-hybridized carbons (Fsp3) is 0.545. The third-order valence-corrected chi connectivity index (χ3v) is 2.45. The van der Waals surface area contributed by atoms with Crippen molar-refractivity contribution in [2.45, 2.75) is 13.5 Å². The number of nitrogens with one attached hydrogen (secondary N) is 2. The minimum Gasteiger partial charge on any atom is -0.353 e. The van der Waals surface area contributed by atoms with Gasteiger partial charge in [0.1, 0.15) is 6.54 Å². The fourth-order valence-corrected chi connectivity index (χ4v) is 1.41. The highest BCUT2D eigenvalue weighted by Crippen LogP contribution is 1.78. The molecule has 0 aliphatic heterocycles. The summed E-state index contributed by atoms with van der Waals surface area (Å²) < 4.78 is 2.16. The van der Waals surface area contributed by atoms with Crippen molar-refractivity contribution in [1.82, 2.24) is 19.8 Å². The zero-order valence-electron chi connectivity index (χ0n) is 10.6. The smallest absolute Gasteiger partial charge is 0.331 e. The number of likely N-dealkylation sites (N-methyl/N-ethyl adjacent to an activating group) is 1. The van der Waals surface area contributed by atoms with Gasteiger partial charge >= 0.3 is 5.69 Å². The number of carbonyl (C=O) groups excluding carboxylic acids is 1. The molecule has 1 amide bonds. The first-order valence-corrected chi connectivity index (χ1v) is 5.80. The summed E-state index contributed by atoms with van der Waals surface area (Å²) in [4.78, 5) is 34.3. The van der Waals surface area contributed by atoms with Gasteiger partial charge < -0.3 is 10.6 Å². The molecule has 0 saturated carbocycles. The summed E-state index contributed by atoms with van der Waals surface area (Å²) in [5.41, 5.74) is -0.881. The van der Waals surface area contributed by atoms with Crippen LogP contribution in [0.15, 0.2) is 21.9 Å². The lowest BCUT2D eigenvalue weighted by atomic mass is 10.5. The second-order valence-electron chi connectivity index (χ2n) is 3.83. The van der Waals surface area contributed by atoms with E-state index < -0.39 is 5.69 Å². The van der Waals surface area contributed by atoms with Gasteiger partial charge in [-0.15, -0.1) is 0 Å². The molecule has 0 aromatic carbocycles. The molecule has 0 spiro atoms. The molecular formula is C11H18N4O3. The maximum atomic E-state index is 11.6. The number of aromatic nitrogens is 2. The first-order valence-electron chi connectivity index (χ1n) is 5.80. The molecule has 0 unspecified atom stereocenters. The van der Waals surface area contributed by atoms with Gasteiger partial charge in [0.15, 0.2) is 0 Å². The molecule has 2 N–H and O–H groups in total. The van der Waals surface area contributed by atoms with Crippen LogP contribution < -0.4 is 21.9 Å². The Hall–Kier alpha value is -1.89. The molecule has 0 bridgehead atoms. The van der Waals surface area contributed by atoms with Crippen LogP contribution >= 0.6 is 0 Å². The Labute approximate surface area is 104 Å². The minimum atomic E-state index is -0.496. The molecule has 0 aliphatic rings. The van der Waals surface area contributed by atoms with Crippen LogP contribution in [-0.4, -0.2) is 34.7 Å². The maximum absolute atomic E-state index is 11.6. The SMILES string of the molecule is CCNCCNC(=O)Cn1ccc(=O)n(C)c1=O. The summed E-state index contributed by atoms with van der Waals surface area (Å²) in [6.07, 6.45) is 1.33. The zero-order chi connectivity index (χ0) is 13.5. The van der Waals surface area contributed by atoms with E-state index in [4.69, 9.17) is 0 Å². The summed E-state index contributed by atoms with van der Waals surface area (Å²) >= 11 is 0. The van der Waals surface area contributed by atoms with E-state index in [1.165, 1.54) is 23.9 Å². The van der Waals surface area contributed by atoms with Crippen molar-refractivity contribution in [2.75, 3.05) is 19.6 Å². The second-order valence-corrected chi connectivity index (χ2v) is 3.83. The summed E-state index contributed by atoms with van der Waals surface area (Å²) in [6, 6.07) is 1.26. The van der Waals surface area contributed by atoms with E-state index in [2.05, 4.69) is 10.6 Å².